The maximum Gasteiger partial charge on any atom is 0.166 e. The van der Waals surface area contributed by atoms with E-state index in [9.17, 15) is 9.90 Å². The first kappa shape index (κ1) is 16.9. The largest absolute Gasteiger partial charge is 0.377 e. The third-order valence-corrected chi connectivity index (χ3v) is 4.45. The van der Waals surface area contributed by atoms with Crippen LogP contribution in [0.15, 0.2) is 42.7 Å². The fourth-order valence-corrected chi connectivity index (χ4v) is 3.30. The number of Topliss-reactive ketones (excluding diaryl/α,β-unsaturated/α-hetero) is 1. The van der Waals surface area contributed by atoms with Gasteiger partial charge in [-0.3, -0.25) is 9.78 Å². The average Bonchev–Trinajstić information content (AvgIpc) is 2.50. The van der Waals surface area contributed by atoms with Crippen molar-refractivity contribution in [2.24, 2.45) is 0 Å². The Hall–Kier alpha value is -1.42. The van der Waals surface area contributed by atoms with E-state index >= 15 is 0 Å². The summed E-state index contributed by atoms with van der Waals surface area (Å²) in [5.74, 6) is -0.836. The summed E-state index contributed by atoms with van der Waals surface area (Å²) in [7, 11) is 0. The van der Waals surface area contributed by atoms with Crippen LogP contribution in [-0.2, 0) is 10.4 Å². The Kier molecular flexibility index (Phi) is 5.22. The molecule has 1 aromatic heterocycles. The molecule has 0 aliphatic carbocycles. The van der Waals surface area contributed by atoms with Gasteiger partial charge in [0.25, 0.3) is 0 Å². The second kappa shape index (κ2) is 6.78. The van der Waals surface area contributed by atoms with Gasteiger partial charge in [0.05, 0.1) is 0 Å². The summed E-state index contributed by atoms with van der Waals surface area (Å²) >= 11 is 12.2. The highest BCUT2D eigenvalue weighted by Gasteiger charge is 2.43. The zero-order valence-electron chi connectivity index (χ0n) is 12.4. The summed E-state index contributed by atoms with van der Waals surface area (Å²) in [5, 5.41) is 12.1. The van der Waals surface area contributed by atoms with Crippen molar-refractivity contribution in [3.8, 4) is 0 Å². The molecule has 1 N–H and O–H groups in total. The average molecular weight is 338 g/mol. The van der Waals surface area contributed by atoms with E-state index in [0.717, 1.165) is 0 Å². The zero-order valence-corrected chi connectivity index (χ0v) is 13.9. The van der Waals surface area contributed by atoms with Crippen LogP contribution in [0.25, 0.3) is 0 Å². The third kappa shape index (κ3) is 3.02. The number of aliphatic hydroxyl groups is 1. The van der Waals surface area contributed by atoms with E-state index in [0.29, 0.717) is 27.6 Å². The van der Waals surface area contributed by atoms with Gasteiger partial charge in [0.2, 0.25) is 0 Å². The fraction of sp³-hybridized carbons (Fsp3) is 0.294. The minimum absolute atomic E-state index is 0.349. The number of rotatable bonds is 5. The van der Waals surface area contributed by atoms with E-state index in [2.05, 4.69) is 4.98 Å². The number of pyridine rings is 1. The summed E-state index contributed by atoms with van der Waals surface area (Å²) < 4.78 is 0. The van der Waals surface area contributed by atoms with Crippen LogP contribution < -0.4 is 0 Å². The normalized spacial score (nSPS) is 15.1. The van der Waals surface area contributed by atoms with Crippen molar-refractivity contribution in [3.63, 3.8) is 0 Å². The van der Waals surface area contributed by atoms with Crippen LogP contribution in [0, 0.1) is 0 Å². The lowest BCUT2D eigenvalue weighted by atomic mass is 9.74. The number of carbonyl (C=O) groups is 1. The van der Waals surface area contributed by atoms with Crippen LogP contribution in [0.4, 0.5) is 0 Å². The molecule has 22 heavy (non-hydrogen) atoms. The maximum absolute atomic E-state index is 12.3. The summed E-state index contributed by atoms with van der Waals surface area (Å²) in [5.41, 5.74) is -0.531. The van der Waals surface area contributed by atoms with Gasteiger partial charge < -0.3 is 5.11 Å². The molecule has 2 aromatic rings. The highest BCUT2D eigenvalue weighted by atomic mass is 35.5. The number of carbonyl (C=O) groups excluding carboxylic acids is 1. The van der Waals surface area contributed by atoms with Crippen molar-refractivity contribution in [1.29, 1.82) is 0 Å². The van der Waals surface area contributed by atoms with Crippen molar-refractivity contribution in [2.45, 2.75) is 31.8 Å². The molecule has 1 heterocycles. The van der Waals surface area contributed by atoms with Gasteiger partial charge in [-0.1, -0.05) is 42.3 Å². The minimum atomic E-state index is -1.68. The molecule has 1 aromatic carbocycles. The first-order valence-electron chi connectivity index (χ1n) is 7.00. The van der Waals surface area contributed by atoms with E-state index in [4.69, 9.17) is 23.2 Å². The molecule has 2 unspecified atom stereocenters. The Morgan fingerprint density at radius 1 is 1.36 bits per heavy atom. The molecule has 0 aliphatic rings. The molecule has 2 atom stereocenters. The van der Waals surface area contributed by atoms with Crippen LogP contribution in [0.5, 0.6) is 0 Å². The number of halogens is 2. The van der Waals surface area contributed by atoms with Gasteiger partial charge >= 0.3 is 0 Å². The standard InChI is InChI=1S/C17H17Cl2NO2/c1-3-15(14-7-6-13(18)9-16(14)19)17(22,11(2)21)12-5-4-8-20-10-12/h4-10,15,22H,3H2,1-2H3. The van der Waals surface area contributed by atoms with E-state index < -0.39 is 11.5 Å². The van der Waals surface area contributed by atoms with E-state index in [1.807, 2.05) is 6.92 Å². The first-order valence-corrected chi connectivity index (χ1v) is 7.75. The molecule has 2 rings (SSSR count). The Bertz CT molecular complexity index is 676. The molecule has 3 nitrogen and oxygen atoms in total. The topological polar surface area (TPSA) is 50.2 Å². The Labute approximate surface area is 139 Å². The molecule has 5 heteroatoms. The number of ketones is 1. The predicted molar refractivity (Wildman–Crippen MR) is 88.3 cm³/mol. The lowest BCUT2D eigenvalue weighted by molar-refractivity contribution is -0.139. The van der Waals surface area contributed by atoms with E-state index in [1.54, 1.807) is 36.5 Å². The Balaban J connectivity index is 2.61. The van der Waals surface area contributed by atoms with Crippen LogP contribution >= 0.6 is 23.2 Å². The number of hydrogen-bond acceptors (Lipinski definition) is 3. The first-order chi connectivity index (χ1) is 10.4. The summed E-state index contributed by atoms with van der Waals surface area (Å²) in [6, 6.07) is 8.46. The van der Waals surface area contributed by atoms with Gasteiger partial charge in [-0.2, -0.15) is 0 Å². The van der Waals surface area contributed by atoms with Gasteiger partial charge in [0.15, 0.2) is 11.4 Å². The summed E-state index contributed by atoms with van der Waals surface area (Å²) in [4.78, 5) is 16.3. The van der Waals surface area contributed by atoms with E-state index in [1.165, 1.54) is 13.1 Å². The molecule has 0 radical (unpaired) electrons. The van der Waals surface area contributed by atoms with Gasteiger partial charge in [-0.05, 0) is 37.1 Å². The Morgan fingerprint density at radius 2 is 2.09 bits per heavy atom. The number of nitrogens with zero attached hydrogens (tertiary/aromatic N) is 1. The van der Waals surface area contributed by atoms with Crippen LogP contribution in [-0.4, -0.2) is 15.9 Å². The molecular formula is C17H17Cl2NO2. The van der Waals surface area contributed by atoms with Crippen molar-refractivity contribution in [2.75, 3.05) is 0 Å². The van der Waals surface area contributed by atoms with Crippen molar-refractivity contribution < 1.29 is 9.90 Å². The van der Waals surface area contributed by atoms with Crippen LogP contribution in [0.2, 0.25) is 10.0 Å². The molecule has 0 saturated carbocycles. The van der Waals surface area contributed by atoms with Gasteiger partial charge in [-0.25, -0.2) is 0 Å². The summed E-state index contributed by atoms with van der Waals surface area (Å²) in [6.45, 7) is 3.28. The van der Waals surface area contributed by atoms with Crippen LogP contribution in [0.1, 0.15) is 37.3 Å². The number of aromatic nitrogens is 1. The molecule has 0 spiro atoms. The number of benzene rings is 1. The smallest absolute Gasteiger partial charge is 0.166 e. The molecule has 0 amide bonds. The van der Waals surface area contributed by atoms with Gasteiger partial charge in [-0.15, -0.1) is 0 Å². The minimum Gasteiger partial charge on any atom is -0.377 e. The van der Waals surface area contributed by atoms with E-state index in [-0.39, 0.29) is 5.78 Å². The number of hydrogen-bond donors (Lipinski definition) is 1. The predicted octanol–water partition coefficient (Wildman–Crippen LogP) is 4.36. The molecular weight excluding hydrogens is 321 g/mol. The highest BCUT2D eigenvalue weighted by molar-refractivity contribution is 6.35. The molecule has 0 aliphatic heterocycles. The van der Waals surface area contributed by atoms with Crippen molar-refractivity contribution >= 4 is 29.0 Å². The second-order valence-corrected chi connectivity index (χ2v) is 6.03. The fourth-order valence-electron chi connectivity index (χ4n) is 2.76. The highest BCUT2D eigenvalue weighted by Crippen LogP contribution is 2.42. The molecule has 0 saturated heterocycles. The SMILES string of the molecule is CCC(c1ccc(Cl)cc1Cl)C(O)(C(C)=O)c1cccnc1. The maximum atomic E-state index is 12.3. The molecule has 0 fully saturated rings. The zero-order chi connectivity index (χ0) is 16.3. The lowest BCUT2D eigenvalue weighted by Crippen LogP contribution is -2.40. The second-order valence-electron chi connectivity index (χ2n) is 5.19. The monoisotopic (exact) mass is 337 g/mol. The Morgan fingerprint density at radius 3 is 2.59 bits per heavy atom. The molecule has 0 bridgehead atoms. The quantitative estimate of drug-likeness (QED) is 0.881. The third-order valence-electron chi connectivity index (χ3n) is 3.89. The van der Waals surface area contributed by atoms with Gasteiger partial charge in [0.1, 0.15) is 0 Å². The molecule has 116 valence electrons. The lowest BCUT2D eigenvalue weighted by Gasteiger charge is -2.34. The summed E-state index contributed by atoms with van der Waals surface area (Å²) in [6.07, 6.45) is 3.64. The van der Waals surface area contributed by atoms with Crippen molar-refractivity contribution in [3.05, 3.63) is 63.9 Å². The van der Waals surface area contributed by atoms with Gasteiger partial charge in [0, 0.05) is 33.9 Å². The van der Waals surface area contributed by atoms with Crippen LogP contribution in [0.3, 0.4) is 0 Å². The van der Waals surface area contributed by atoms with Crippen molar-refractivity contribution in [1.82, 2.24) is 4.98 Å².